The van der Waals surface area contributed by atoms with Gasteiger partial charge in [-0.15, -0.1) is 0 Å². The number of benzene rings is 2. The summed E-state index contributed by atoms with van der Waals surface area (Å²) in [6, 6.07) is 9.40. The van der Waals surface area contributed by atoms with Gasteiger partial charge in [0.1, 0.15) is 18.0 Å². The fourth-order valence-electron chi connectivity index (χ4n) is 7.76. The summed E-state index contributed by atoms with van der Waals surface area (Å²) in [4.78, 5) is 47.5. The van der Waals surface area contributed by atoms with Crippen molar-refractivity contribution >= 4 is 31.1 Å². The number of aromatic nitrogens is 1. The number of carbonyl (C=O) groups is 2. The Kier molecular flexibility index (Phi) is 11.2. The molecule has 1 saturated carbocycles. The van der Waals surface area contributed by atoms with Crippen LogP contribution in [0.15, 0.2) is 30.3 Å². The number of nitrogens with one attached hydrogen (secondary N) is 1. The molecule has 262 valence electrons. The molecule has 2 fully saturated rings. The maximum atomic E-state index is 13.5. The van der Waals surface area contributed by atoms with Crippen LogP contribution in [-0.4, -0.2) is 99.6 Å². The zero-order chi connectivity index (χ0) is 34.7. The molecule has 1 aliphatic carbocycles. The summed E-state index contributed by atoms with van der Waals surface area (Å²) in [6.07, 6.45) is 0.920. The molecule has 0 bridgehead atoms. The topological polar surface area (TPSA) is 175 Å². The molecule has 48 heavy (non-hydrogen) atoms. The highest BCUT2D eigenvalue weighted by molar-refractivity contribution is 7.30. The van der Waals surface area contributed by atoms with E-state index in [1.807, 2.05) is 12.1 Å². The predicted octanol–water partition coefficient (Wildman–Crippen LogP) is 3.53. The summed E-state index contributed by atoms with van der Waals surface area (Å²) < 4.78 is 47.9. The summed E-state index contributed by atoms with van der Waals surface area (Å²) in [5.41, 5.74) is 3.83. The van der Waals surface area contributed by atoms with Gasteiger partial charge in [-0.05, 0) is 60.9 Å². The van der Waals surface area contributed by atoms with E-state index in [1.54, 1.807) is 26.4 Å². The minimum Gasteiger partial charge on any atom is -0.497 e. The smallest absolute Gasteiger partial charge is 0.338 e. The van der Waals surface area contributed by atoms with Crippen LogP contribution in [0.2, 0.25) is 0 Å². The van der Waals surface area contributed by atoms with Crippen LogP contribution in [0.3, 0.4) is 0 Å². The highest BCUT2D eigenvalue weighted by atomic mass is 31.1. The lowest BCUT2D eigenvalue weighted by molar-refractivity contribution is -0.176. The minimum absolute atomic E-state index is 0.0170. The van der Waals surface area contributed by atoms with E-state index >= 15 is 0 Å². The molecule has 2 aliphatic heterocycles. The molecule has 0 radical (unpaired) electrons. The van der Waals surface area contributed by atoms with Gasteiger partial charge in [0, 0.05) is 42.9 Å². The van der Waals surface area contributed by atoms with Gasteiger partial charge in [0.2, 0.25) is 5.75 Å². The number of nitrogens with zero attached hydrogens (tertiary/aromatic N) is 1. The zero-order valence-electron chi connectivity index (χ0n) is 27.8. The lowest BCUT2D eigenvalue weighted by Gasteiger charge is -2.52. The van der Waals surface area contributed by atoms with Crippen molar-refractivity contribution in [1.29, 1.82) is 0 Å². The van der Waals surface area contributed by atoms with Gasteiger partial charge in [-0.25, -0.2) is 4.79 Å². The first-order valence-electron chi connectivity index (χ1n) is 15.5. The number of H-pyrrole nitrogens is 1. The number of rotatable bonds is 8. The molecule has 3 N–H and O–H groups in total. The zero-order valence-corrected chi connectivity index (χ0v) is 28.8. The normalized spacial score (nSPS) is 24.7. The summed E-state index contributed by atoms with van der Waals surface area (Å²) in [6.45, 7) is 1.68. The maximum absolute atomic E-state index is 13.5. The van der Waals surface area contributed by atoms with Crippen molar-refractivity contribution in [3.63, 3.8) is 0 Å². The standard InChI is InChI=1S/C33H40N2O9.H3O3P/c1-38-19-7-8-20-21-9-10-35-16-18-13-27(44-32(36)17-11-25(39-2)30(41-4)26(12-17)40-3)31(42-5)28(33(37)43-6)22(18)15-24(35)29(21)34-23(20)14-19;1-4(2)3/h7-8,11-12,14,18,22,24,27-28,31,34H,9-10,13,15-16H2,1-6H3;4H,(H2,1,2,3)/t18-,22+,24-,27-,28+,31+;/m1./s1. The molecular formula is C33H43N2O12P. The number of ether oxygens (including phenoxy) is 7. The summed E-state index contributed by atoms with van der Waals surface area (Å²) in [7, 11) is 5.97. The van der Waals surface area contributed by atoms with Gasteiger partial charge in [0.05, 0.1) is 53.1 Å². The van der Waals surface area contributed by atoms with Crippen LogP contribution in [-0.2, 0) is 30.0 Å². The first-order valence-corrected chi connectivity index (χ1v) is 16.8. The van der Waals surface area contributed by atoms with Gasteiger partial charge in [-0.2, -0.15) is 0 Å². The summed E-state index contributed by atoms with van der Waals surface area (Å²) >= 11 is 0. The van der Waals surface area contributed by atoms with Crippen LogP contribution in [0.25, 0.3) is 10.9 Å². The Labute approximate surface area is 279 Å². The van der Waals surface area contributed by atoms with Crippen LogP contribution in [0, 0.1) is 17.8 Å². The fourth-order valence-corrected chi connectivity index (χ4v) is 7.76. The highest BCUT2D eigenvalue weighted by Crippen LogP contribution is 2.51. The molecule has 14 nitrogen and oxygen atoms in total. The Balaban J connectivity index is 0.00000107. The van der Waals surface area contributed by atoms with Crippen molar-refractivity contribution in [2.24, 2.45) is 17.8 Å². The van der Waals surface area contributed by atoms with E-state index in [1.165, 1.54) is 45.1 Å². The first kappa shape index (κ1) is 35.5. The largest absolute Gasteiger partial charge is 0.497 e. The van der Waals surface area contributed by atoms with E-state index in [4.69, 9.17) is 47.5 Å². The molecule has 3 aliphatic rings. The van der Waals surface area contributed by atoms with Crippen molar-refractivity contribution in [3.05, 3.63) is 47.2 Å². The summed E-state index contributed by atoms with van der Waals surface area (Å²) in [5, 5.41) is 1.21. The molecule has 15 heteroatoms. The molecule has 6 rings (SSSR count). The van der Waals surface area contributed by atoms with E-state index < -0.39 is 32.4 Å². The minimum atomic E-state index is -3.13. The van der Waals surface area contributed by atoms with Crippen LogP contribution >= 0.6 is 8.25 Å². The molecular weight excluding hydrogens is 647 g/mol. The van der Waals surface area contributed by atoms with Gasteiger partial charge in [0.25, 0.3) is 0 Å². The molecule has 2 aromatic carbocycles. The Morgan fingerprint density at radius 2 is 1.62 bits per heavy atom. The van der Waals surface area contributed by atoms with E-state index in [2.05, 4.69) is 16.0 Å². The third-order valence-corrected chi connectivity index (χ3v) is 9.76. The van der Waals surface area contributed by atoms with E-state index in [0.717, 1.165) is 37.2 Å². The Morgan fingerprint density at radius 1 is 0.938 bits per heavy atom. The Bertz CT molecular complexity index is 1630. The highest BCUT2D eigenvalue weighted by Gasteiger charge is 2.54. The van der Waals surface area contributed by atoms with Crippen molar-refractivity contribution in [2.45, 2.75) is 37.5 Å². The third-order valence-electron chi connectivity index (χ3n) is 9.76. The average Bonchev–Trinajstić information content (AvgIpc) is 3.47. The van der Waals surface area contributed by atoms with Crippen molar-refractivity contribution in [3.8, 4) is 23.0 Å². The SMILES string of the molecule is COC(=O)[C@H]1[C@H]2C[C@@H]3c4[nH]c5cc(OC)ccc5c4CCN3C[C@H]2C[C@@H](OC(=O)c2cc(OC)c(OC)c(OC)c2)[C@@H]1OC.O=[PH](O)O. The van der Waals surface area contributed by atoms with Gasteiger partial charge < -0.3 is 47.9 Å². The number of methoxy groups -OCH3 is 6. The number of piperidine rings is 1. The number of fused-ring (bicyclic) bond motifs is 6. The molecule has 1 aromatic heterocycles. The van der Waals surface area contributed by atoms with Crippen molar-refractivity contribution in [2.75, 3.05) is 55.7 Å². The van der Waals surface area contributed by atoms with Crippen LogP contribution < -0.4 is 18.9 Å². The van der Waals surface area contributed by atoms with Crippen LogP contribution in [0.4, 0.5) is 0 Å². The number of hydrogen-bond donors (Lipinski definition) is 3. The molecule has 3 aromatic rings. The van der Waals surface area contributed by atoms with Gasteiger partial charge >= 0.3 is 20.2 Å². The summed E-state index contributed by atoms with van der Waals surface area (Å²) in [5.74, 6) is 0.441. The molecule has 3 heterocycles. The average molecular weight is 691 g/mol. The molecule has 6 atom stereocenters. The maximum Gasteiger partial charge on any atom is 0.338 e. The number of aromatic amines is 1. The Hall–Kier alpha value is -3.81. The van der Waals surface area contributed by atoms with Crippen molar-refractivity contribution < 1.29 is 57.1 Å². The first-order chi connectivity index (χ1) is 23.1. The monoisotopic (exact) mass is 690 g/mol. The second-order valence-corrected chi connectivity index (χ2v) is 12.5. The van der Waals surface area contributed by atoms with E-state index in [0.29, 0.717) is 23.7 Å². The van der Waals surface area contributed by atoms with E-state index in [9.17, 15) is 9.59 Å². The number of carbonyl (C=O) groups excluding carboxylic acids is 2. The van der Waals surface area contributed by atoms with E-state index in [-0.39, 0.29) is 29.4 Å². The lowest BCUT2D eigenvalue weighted by Crippen LogP contribution is -2.58. The quantitative estimate of drug-likeness (QED) is 0.232. The van der Waals surface area contributed by atoms with Gasteiger partial charge in [0.15, 0.2) is 11.5 Å². The molecule has 0 unspecified atom stereocenters. The molecule has 1 saturated heterocycles. The van der Waals surface area contributed by atoms with Crippen molar-refractivity contribution in [1.82, 2.24) is 9.88 Å². The number of hydrogen-bond acceptors (Lipinski definition) is 11. The molecule has 0 spiro atoms. The second-order valence-electron chi connectivity index (χ2n) is 12.0. The third kappa shape index (κ3) is 6.85. The second kappa shape index (κ2) is 15.2. The van der Waals surface area contributed by atoms with Crippen LogP contribution in [0.1, 0.15) is 40.5 Å². The van der Waals surface area contributed by atoms with Gasteiger partial charge in [-0.1, -0.05) is 0 Å². The van der Waals surface area contributed by atoms with Crippen LogP contribution in [0.5, 0.6) is 23.0 Å². The predicted molar refractivity (Wildman–Crippen MR) is 174 cm³/mol. The molecule has 0 amide bonds. The Morgan fingerprint density at radius 3 is 2.21 bits per heavy atom. The fraction of sp³-hybridized carbons (Fsp3) is 0.515. The number of esters is 2. The lowest BCUT2D eigenvalue weighted by atomic mass is 9.63. The van der Waals surface area contributed by atoms with Gasteiger partial charge in [-0.3, -0.25) is 14.3 Å².